The Morgan fingerprint density at radius 2 is 2.25 bits per heavy atom. The lowest BCUT2D eigenvalue weighted by atomic mass is 10.2. The van der Waals surface area contributed by atoms with Crippen LogP contribution in [-0.2, 0) is 4.74 Å². The lowest BCUT2D eigenvalue weighted by molar-refractivity contribution is 0.0960. The third-order valence-electron chi connectivity index (χ3n) is 2.42. The van der Waals surface area contributed by atoms with Gasteiger partial charge in [0.15, 0.2) is 0 Å². The van der Waals surface area contributed by atoms with Gasteiger partial charge in [0.1, 0.15) is 17.4 Å². The molecule has 2 aromatic rings. The molecule has 0 saturated heterocycles. The molecule has 1 atom stereocenters. The second-order valence-electron chi connectivity index (χ2n) is 3.63. The number of benzene rings is 1. The van der Waals surface area contributed by atoms with Crippen molar-refractivity contribution in [2.75, 3.05) is 13.7 Å². The van der Waals surface area contributed by atoms with Crippen LogP contribution in [0.4, 0.5) is 0 Å². The first-order chi connectivity index (χ1) is 7.70. The van der Waals surface area contributed by atoms with Gasteiger partial charge in [-0.15, -0.1) is 0 Å². The Balaban J connectivity index is 2.25. The predicted octanol–water partition coefficient (Wildman–Crippen LogP) is 3.16. The number of hydrogen-bond donors (Lipinski definition) is 1. The molecule has 1 heterocycles. The summed E-state index contributed by atoms with van der Waals surface area (Å²) in [6, 6.07) is 7.18. The van der Waals surface area contributed by atoms with Crippen molar-refractivity contribution in [1.29, 1.82) is 0 Å². The fourth-order valence-electron chi connectivity index (χ4n) is 1.57. The zero-order valence-electron chi connectivity index (χ0n) is 8.94. The van der Waals surface area contributed by atoms with Gasteiger partial charge in [0.25, 0.3) is 0 Å². The molecule has 1 aromatic carbocycles. The summed E-state index contributed by atoms with van der Waals surface area (Å²) >= 11 is 5.87. The maximum atomic E-state index is 9.82. The number of hydrogen-bond acceptors (Lipinski definition) is 3. The molecule has 0 amide bonds. The van der Waals surface area contributed by atoms with E-state index in [1.165, 1.54) is 0 Å². The third kappa shape index (κ3) is 2.38. The number of aliphatic hydroxyl groups excluding tert-OH is 1. The summed E-state index contributed by atoms with van der Waals surface area (Å²) in [6.45, 7) is 0.499. The average molecular weight is 241 g/mol. The monoisotopic (exact) mass is 240 g/mol. The molecule has 0 fully saturated rings. The smallest absolute Gasteiger partial charge is 0.134 e. The highest BCUT2D eigenvalue weighted by Crippen LogP contribution is 2.27. The Hall–Kier alpha value is -1.03. The molecule has 0 spiro atoms. The van der Waals surface area contributed by atoms with Crippen LogP contribution >= 0.6 is 11.6 Å². The van der Waals surface area contributed by atoms with Crippen molar-refractivity contribution >= 4 is 22.6 Å². The van der Waals surface area contributed by atoms with E-state index in [4.69, 9.17) is 20.8 Å². The van der Waals surface area contributed by atoms with Gasteiger partial charge >= 0.3 is 0 Å². The average Bonchev–Trinajstić information content (AvgIpc) is 2.68. The Kier molecular flexibility index (Phi) is 3.49. The van der Waals surface area contributed by atoms with Crippen LogP contribution in [0.2, 0.25) is 5.02 Å². The minimum absolute atomic E-state index is 0.499. The number of ether oxygens (including phenoxy) is 1. The van der Waals surface area contributed by atoms with Gasteiger partial charge in [-0.3, -0.25) is 0 Å². The molecule has 0 bridgehead atoms. The normalized spacial score (nSPS) is 13.2. The highest BCUT2D eigenvalue weighted by atomic mass is 35.5. The molecule has 3 nitrogen and oxygen atoms in total. The first kappa shape index (κ1) is 11.5. The van der Waals surface area contributed by atoms with Crippen molar-refractivity contribution in [1.82, 2.24) is 0 Å². The summed E-state index contributed by atoms with van der Waals surface area (Å²) in [7, 11) is 1.60. The van der Waals surface area contributed by atoms with Gasteiger partial charge in [0, 0.05) is 30.5 Å². The van der Waals surface area contributed by atoms with E-state index < -0.39 is 6.10 Å². The first-order valence-electron chi connectivity index (χ1n) is 5.06. The van der Waals surface area contributed by atoms with Gasteiger partial charge in [-0.25, -0.2) is 0 Å². The quantitative estimate of drug-likeness (QED) is 0.893. The summed E-state index contributed by atoms with van der Waals surface area (Å²) in [5.74, 6) is 0.550. The molecule has 86 valence electrons. The molecule has 2 rings (SSSR count). The van der Waals surface area contributed by atoms with E-state index in [1.807, 2.05) is 12.1 Å². The molecule has 16 heavy (non-hydrogen) atoms. The van der Waals surface area contributed by atoms with E-state index in [0.717, 1.165) is 11.0 Å². The number of furan rings is 1. The molecular weight excluding hydrogens is 228 g/mol. The molecule has 0 radical (unpaired) electrons. The summed E-state index contributed by atoms with van der Waals surface area (Å²) in [4.78, 5) is 0. The van der Waals surface area contributed by atoms with Crippen LogP contribution in [0.15, 0.2) is 28.7 Å². The topological polar surface area (TPSA) is 42.6 Å². The maximum absolute atomic E-state index is 9.82. The van der Waals surface area contributed by atoms with E-state index in [0.29, 0.717) is 23.8 Å². The van der Waals surface area contributed by atoms with E-state index in [1.54, 1.807) is 19.2 Å². The van der Waals surface area contributed by atoms with E-state index in [-0.39, 0.29) is 0 Å². The van der Waals surface area contributed by atoms with Gasteiger partial charge in [0.05, 0.1) is 0 Å². The summed E-state index contributed by atoms with van der Waals surface area (Å²) in [6.07, 6.45) is -0.115. The summed E-state index contributed by atoms with van der Waals surface area (Å²) < 4.78 is 10.4. The lowest BCUT2D eigenvalue weighted by Crippen LogP contribution is -2.00. The molecule has 4 heteroatoms. The lowest BCUT2D eigenvalue weighted by Gasteiger charge is -2.05. The molecular formula is C12H13ClO3. The van der Waals surface area contributed by atoms with E-state index in [9.17, 15) is 5.11 Å². The summed E-state index contributed by atoms with van der Waals surface area (Å²) in [5, 5.41) is 11.4. The largest absolute Gasteiger partial charge is 0.458 e. The number of methoxy groups -OCH3 is 1. The van der Waals surface area contributed by atoms with Gasteiger partial charge in [-0.1, -0.05) is 11.6 Å². The van der Waals surface area contributed by atoms with Crippen molar-refractivity contribution in [3.63, 3.8) is 0 Å². The Labute approximate surface area is 98.6 Å². The molecule has 0 saturated carbocycles. The molecule has 0 aliphatic rings. The van der Waals surface area contributed by atoms with Crippen LogP contribution in [0.5, 0.6) is 0 Å². The zero-order chi connectivity index (χ0) is 11.5. The standard InChI is InChI=1S/C12H13ClO3/c1-15-5-4-10(14)12-7-8-6-9(13)2-3-11(8)16-12/h2-3,6-7,10,14H,4-5H2,1H3. The van der Waals surface area contributed by atoms with Gasteiger partial charge in [-0.05, 0) is 24.3 Å². The van der Waals surface area contributed by atoms with Crippen LogP contribution in [0.1, 0.15) is 18.3 Å². The predicted molar refractivity (Wildman–Crippen MR) is 62.7 cm³/mol. The number of fused-ring (bicyclic) bond motifs is 1. The summed E-state index contributed by atoms with van der Waals surface area (Å²) in [5.41, 5.74) is 0.732. The Bertz CT molecular complexity index is 478. The minimum Gasteiger partial charge on any atom is -0.458 e. The van der Waals surface area contributed by atoms with Crippen molar-refractivity contribution < 1.29 is 14.3 Å². The Morgan fingerprint density at radius 1 is 1.44 bits per heavy atom. The van der Waals surface area contributed by atoms with Crippen LogP contribution in [0.25, 0.3) is 11.0 Å². The van der Waals surface area contributed by atoms with Crippen LogP contribution in [0, 0.1) is 0 Å². The fraction of sp³-hybridized carbons (Fsp3) is 0.333. The highest BCUT2D eigenvalue weighted by molar-refractivity contribution is 6.31. The van der Waals surface area contributed by atoms with Crippen molar-refractivity contribution in [3.8, 4) is 0 Å². The van der Waals surface area contributed by atoms with Crippen molar-refractivity contribution in [2.24, 2.45) is 0 Å². The van der Waals surface area contributed by atoms with Gasteiger partial charge < -0.3 is 14.3 Å². The molecule has 0 aliphatic heterocycles. The van der Waals surface area contributed by atoms with Crippen molar-refractivity contribution in [2.45, 2.75) is 12.5 Å². The molecule has 0 aliphatic carbocycles. The number of rotatable bonds is 4. The SMILES string of the molecule is COCCC(O)c1cc2cc(Cl)ccc2o1. The Morgan fingerprint density at radius 3 is 3.00 bits per heavy atom. The van der Waals surface area contributed by atoms with Crippen LogP contribution in [0.3, 0.4) is 0 Å². The maximum Gasteiger partial charge on any atom is 0.134 e. The molecule has 1 unspecified atom stereocenters. The second kappa shape index (κ2) is 4.87. The van der Waals surface area contributed by atoms with Gasteiger partial charge in [-0.2, -0.15) is 0 Å². The second-order valence-corrected chi connectivity index (χ2v) is 4.06. The van der Waals surface area contributed by atoms with E-state index >= 15 is 0 Å². The van der Waals surface area contributed by atoms with Crippen LogP contribution < -0.4 is 0 Å². The van der Waals surface area contributed by atoms with E-state index in [2.05, 4.69) is 0 Å². The number of halogens is 1. The van der Waals surface area contributed by atoms with Gasteiger partial charge in [0.2, 0.25) is 0 Å². The first-order valence-corrected chi connectivity index (χ1v) is 5.44. The molecule has 1 N–H and O–H groups in total. The zero-order valence-corrected chi connectivity index (χ0v) is 9.70. The highest BCUT2D eigenvalue weighted by Gasteiger charge is 2.13. The fourth-order valence-corrected chi connectivity index (χ4v) is 1.75. The van der Waals surface area contributed by atoms with Crippen molar-refractivity contribution in [3.05, 3.63) is 35.0 Å². The molecule has 1 aromatic heterocycles. The van der Waals surface area contributed by atoms with Crippen LogP contribution in [-0.4, -0.2) is 18.8 Å². The number of aliphatic hydroxyl groups is 1. The minimum atomic E-state index is -0.633. The third-order valence-corrected chi connectivity index (χ3v) is 2.66.